The molecule has 0 fully saturated rings. The number of anilines is 2. The molecule has 0 bridgehead atoms. The standard InChI is InChI=1S/C17H21ClN2/c1-3-14(19)11-13-9-10-17(16(18)12-13)20(2)15-7-5-4-6-8-15/h4-10,12,14H,3,11,19H2,1-2H3. The number of nitrogens with two attached hydrogens (primary N) is 1. The maximum atomic E-state index is 6.42. The molecule has 0 aromatic heterocycles. The fourth-order valence-electron chi connectivity index (χ4n) is 2.19. The zero-order valence-electron chi connectivity index (χ0n) is 12.0. The maximum absolute atomic E-state index is 6.42. The molecule has 0 amide bonds. The van der Waals surface area contributed by atoms with E-state index in [1.165, 1.54) is 5.56 Å². The van der Waals surface area contributed by atoms with Gasteiger partial charge in [0.05, 0.1) is 10.7 Å². The molecular weight excluding hydrogens is 268 g/mol. The van der Waals surface area contributed by atoms with Crippen molar-refractivity contribution < 1.29 is 0 Å². The van der Waals surface area contributed by atoms with Crippen LogP contribution in [0.1, 0.15) is 18.9 Å². The molecule has 2 rings (SSSR count). The Kier molecular flexibility index (Phi) is 5.05. The second kappa shape index (κ2) is 6.78. The molecule has 2 nitrogen and oxygen atoms in total. The summed E-state index contributed by atoms with van der Waals surface area (Å²) in [4.78, 5) is 2.09. The van der Waals surface area contributed by atoms with E-state index < -0.39 is 0 Å². The van der Waals surface area contributed by atoms with Crippen LogP contribution in [0.5, 0.6) is 0 Å². The molecule has 2 aromatic rings. The van der Waals surface area contributed by atoms with Crippen molar-refractivity contribution in [3.8, 4) is 0 Å². The zero-order valence-corrected chi connectivity index (χ0v) is 12.8. The van der Waals surface area contributed by atoms with Crippen molar-refractivity contribution in [3.05, 3.63) is 59.1 Å². The first kappa shape index (κ1) is 14.9. The molecule has 0 aliphatic carbocycles. The van der Waals surface area contributed by atoms with Gasteiger partial charge in [-0.1, -0.05) is 42.8 Å². The van der Waals surface area contributed by atoms with Gasteiger partial charge < -0.3 is 10.6 Å². The molecule has 2 aromatic carbocycles. The van der Waals surface area contributed by atoms with Crippen LogP contribution in [0.3, 0.4) is 0 Å². The van der Waals surface area contributed by atoms with E-state index in [4.69, 9.17) is 17.3 Å². The number of para-hydroxylation sites is 1. The van der Waals surface area contributed by atoms with Crippen LogP contribution in [0.4, 0.5) is 11.4 Å². The first-order valence-electron chi connectivity index (χ1n) is 6.94. The maximum Gasteiger partial charge on any atom is 0.0645 e. The highest BCUT2D eigenvalue weighted by molar-refractivity contribution is 6.33. The third kappa shape index (κ3) is 3.53. The fraction of sp³-hybridized carbons (Fsp3) is 0.294. The summed E-state index contributed by atoms with van der Waals surface area (Å²) in [6.07, 6.45) is 1.84. The van der Waals surface area contributed by atoms with E-state index in [-0.39, 0.29) is 6.04 Å². The molecule has 0 radical (unpaired) electrons. The highest BCUT2D eigenvalue weighted by Gasteiger charge is 2.10. The van der Waals surface area contributed by atoms with Crippen LogP contribution in [0.2, 0.25) is 5.02 Å². The smallest absolute Gasteiger partial charge is 0.0645 e. The minimum Gasteiger partial charge on any atom is -0.343 e. The Morgan fingerprint density at radius 3 is 2.45 bits per heavy atom. The van der Waals surface area contributed by atoms with Crippen molar-refractivity contribution in [2.24, 2.45) is 5.73 Å². The minimum atomic E-state index is 0.198. The van der Waals surface area contributed by atoms with Crippen LogP contribution in [-0.4, -0.2) is 13.1 Å². The average Bonchev–Trinajstić information content (AvgIpc) is 2.47. The van der Waals surface area contributed by atoms with Gasteiger partial charge in [-0.2, -0.15) is 0 Å². The Labute approximate surface area is 126 Å². The van der Waals surface area contributed by atoms with Gasteiger partial charge in [-0.3, -0.25) is 0 Å². The molecule has 0 saturated carbocycles. The van der Waals surface area contributed by atoms with Crippen molar-refractivity contribution in [2.45, 2.75) is 25.8 Å². The molecule has 0 heterocycles. The first-order valence-corrected chi connectivity index (χ1v) is 7.32. The quantitative estimate of drug-likeness (QED) is 0.884. The van der Waals surface area contributed by atoms with Gasteiger partial charge >= 0.3 is 0 Å². The highest BCUT2D eigenvalue weighted by atomic mass is 35.5. The van der Waals surface area contributed by atoms with Crippen LogP contribution in [0.15, 0.2) is 48.5 Å². The second-order valence-electron chi connectivity index (χ2n) is 5.05. The van der Waals surface area contributed by atoms with Crippen LogP contribution in [-0.2, 0) is 6.42 Å². The lowest BCUT2D eigenvalue weighted by Gasteiger charge is -2.21. The van der Waals surface area contributed by atoms with E-state index in [1.807, 2.05) is 31.3 Å². The number of halogens is 1. The van der Waals surface area contributed by atoms with Crippen molar-refractivity contribution in [1.82, 2.24) is 0 Å². The van der Waals surface area contributed by atoms with Gasteiger partial charge in [0.2, 0.25) is 0 Å². The molecule has 0 aliphatic rings. The van der Waals surface area contributed by atoms with Gasteiger partial charge in [-0.15, -0.1) is 0 Å². The van der Waals surface area contributed by atoms with Gasteiger partial charge in [-0.05, 0) is 42.7 Å². The number of hydrogen-bond donors (Lipinski definition) is 1. The topological polar surface area (TPSA) is 29.3 Å². The molecule has 2 N–H and O–H groups in total. The number of rotatable bonds is 5. The summed E-state index contributed by atoms with van der Waals surface area (Å²) in [6, 6.07) is 16.6. The minimum absolute atomic E-state index is 0.198. The summed E-state index contributed by atoms with van der Waals surface area (Å²) < 4.78 is 0. The molecule has 0 spiro atoms. The Morgan fingerprint density at radius 2 is 1.85 bits per heavy atom. The summed E-state index contributed by atoms with van der Waals surface area (Å²) in [5.41, 5.74) is 9.30. The molecular formula is C17H21ClN2. The van der Waals surface area contributed by atoms with Crippen molar-refractivity contribution in [3.63, 3.8) is 0 Å². The lowest BCUT2D eigenvalue weighted by molar-refractivity contribution is 0.646. The first-order chi connectivity index (χ1) is 9.61. The van der Waals surface area contributed by atoms with Gasteiger partial charge in [0, 0.05) is 18.8 Å². The molecule has 1 atom stereocenters. The third-order valence-electron chi connectivity index (χ3n) is 3.54. The summed E-state index contributed by atoms with van der Waals surface area (Å²) in [5, 5.41) is 0.761. The van der Waals surface area contributed by atoms with Crippen molar-refractivity contribution in [2.75, 3.05) is 11.9 Å². The summed E-state index contributed by atoms with van der Waals surface area (Å²) >= 11 is 6.42. The second-order valence-corrected chi connectivity index (χ2v) is 5.46. The Morgan fingerprint density at radius 1 is 1.15 bits per heavy atom. The molecule has 3 heteroatoms. The van der Waals surface area contributed by atoms with Gasteiger partial charge in [0.15, 0.2) is 0 Å². The largest absolute Gasteiger partial charge is 0.343 e. The Bertz CT molecular complexity index is 554. The van der Waals surface area contributed by atoms with Crippen molar-refractivity contribution in [1.29, 1.82) is 0 Å². The van der Waals surface area contributed by atoms with Crippen LogP contribution < -0.4 is 10.6 Å². The molecule has 0 saturated heterocycles. The molecule has 106 valence electrons. The summed E-state index contributed by atoms with van der Waals surface area (Å²) in [7, 11) is 2.02. The third-order valence-corrected chi connectivity index (χ3v) is 3.84. The SMILES string of the molecule is CCC(N)Cc1ccc(N(C)c2ccccc2)c(Cl)c1. The van der Waals surface area contributed by atoms with Gasteiger partial charge in [-0.25, -0.2) is 0 Å². The average molecular weight is 289 g/mol. The lowest BCUT2D eigenvalue weighted by atomic mass is 10.0. The van der Waals surface area contributed by atoms with E-state index in [0.717, 1.165) is 29.2 Å². The summed E-state index contributed by atoms with van der Waals surface area (Å²) in [6.45, 7) is 2.10. The lowest BCUT2D eigenvalue weighted by Crippen LogP contribution is -2.21. The van der Waals surface area contributed by atoms with Crippen LogP contribution in [0, 0.1) is 0 Å². The van der Waals surface area contributed by atoms with E-state index in [0.29, 0.717) is 0 Å². The predicted molar refractivity (Wildman–Crippen MR) is 87.9 cm³/mol. The molecule has 1 unspecified atom stereocenters. The van der Waals surface area contributed by atoms with Gasteiger partial charge in [0.1, 0.15) is 0 Å². The van der Waals surface area contributed by atoms with Crippen LogP contribution >= 0.6 is 11.6 Å². The van der Waals surface area contributed by atoms with E-state index in [1.54, 1.807) is 0 Å². The number of nitrogens with zero attached hydrogens (tertiary/aromatic N) is 1. The van der Waals surface area contributed by atoms with Crippen molar-refractivity contribution >= 4 is 23.0 Å². The fourth-order valence-corrected chi connectivity index (χ4v) is 2.52. The number of benzene rings is 2. The predicted octanol–water partition coefficient (Wildman–Crippen LogP) is 4.39. The number of hydrogen-bond acceptors (Lipinski definition) is 2. The molecule has 20 heavy (non-hydrogen) atoms. The normalized spacial score (nSPS) is 12.2. The van der Waals surface area contributed by atoms with Gasteiger partial charge in [0.25, 0.3) is 0 Å². The van der Waals surface area contributed by atoms with E-state index in [2.05, 4.69) is 36.1 Å². The molecule has 0 aliphatic heterocycles. The van der Waals surface area contributed by atoms with E-state index in [9.17, 15) is 0 Å². The Balaban J connectivity index is 2.21. The van der Waals surface area contributed by atoms with Crippen LogP contribution in [0.25, 0.3) is 0 Å². The summed E-state index contributed by atoms with van der Waals surface area (Å²) in [5.74, 6) is 0. The highest BCUT2D eigenvalue weighted by Crippen LogP contribution is 2.31. The van der Waals surface area contributed by atoms with E-state index >= 15 is 0 Å². The zero-order chi connectivity index (χ0) is 14.5. The monoisotopic (exact) mass is 288 g/mol. The Hall–Kier alpha value is -1.51.